The Labute approximate surface area is 729 Å². The van der Waals surface area contributed by atoms with E-state index in [0.29, 0.717) is 19.3 Å². The number of hydrogen-bond acceptors (Lipinski definition) is 14. The molecule has 0 heterocycles. The molecule has 690 valence electrons. The zero-order chi connectivity index (χ0) is 86.5. The van der Waals surface area contributed by atoms with Gasteiger partial charge in [0.05, 0.1) is 26.4 Å². The smallest absolute Gasteiger partial charge is 0.463 e. The van der Waals surface area contributed by atoms with Crippen LogP contribution in [0.1, 0.15) is 445 Å². The number of aliphatic hydroxyl groups is 2. The number of ether oxygens (including phenoxy) is 3. The number of unbranched alkanes of at least 4 members (excludes halogenated alkanes) is 50. The van der Waals surface area contributed by atoms with Crippen molar-refractivity contribution in [2.24, 2.45) is 0 Å². The topological polar surface area (TPSA) is 231 Å². The zero-order valence-electron chi connectivity index (χ0n) is 76.3. The van der Waals surface area contributed by atoms with E-state index >= 15 is 0 Å². The molecule has 0 aromatic heterocycles. The summed E-state index contributed by atoms with van der Waals surface area (Å²) in [6.45, 7) is 2.54. The van der Waals surface area contributed by atoms with Crippen LogP contribution in [-0.2, 0) is 55.8 Å². The van der Waals surface area contributed by atoms with Gasteiger partial charge in [0.15, 0.2) is 6.10 Å². The molecule has 0 aromatic rings. The lowest BCUT2D eigenvalue weighted by Gasteiger charge is -2.21. The van der Waals surface area contributed by atoms with E-state index in [1.807, 2.05) is 0 Å². The molecule has 0 saturated carbocycles. The Hall–Kier alpha value is -4.05. The first-order valence-electron chi connectivity index (χ1n) is 48.8. The number of phosphoric acid groups is 2. The Morgan fingerprint density at radius 3 is 0.706 bits per heavy atom. The van der Waals surface area contributed by atoms with Crippen LogP contribution < -0.4 is 0 Å². The van der Waals surface area contributed by atoms with E-state index in [1.54, 1.807) is 0 Å². The predicted molar refractivity (Wildman–Crippen MR) is 500 cm³/mol. The van der Waals surface area contributed by atoms with Gasteiger partial charge in [-0.15, -0.1) is 0 Å². The van der Waals surface area contributed by atoms with Crippen LogP contribution in [0.15, 0.2) is 122 Å². The quantitative estimate of drug-likeness (QED) is 0.0146. The maximum absolute atomic E-state index is 13.0. The number of allylic oxidation sites excluding steroid dienone is 20. The number of esters is 3. The fourth-order valence-corrected chi connectivity index (χ4v) is 15.5. The second-order valence-corrected chi connectivity index (χ2v) is 35.7. The molecule has 4 N–H and O–H groups in total. The molecule has 18 heteroatoms. The van der Waals surface area contributed by atoms with Gasteiger partial charge in [-0.1, -0.05) is 438 Å². The third kappa shape index (κ3) is 94.5. The van der Waals surface area contributed by atoms with E-state index in [1.165, 1.54) is 257 Å². The van der Waals surface area contributed by atoms with E-state index in [4.69, 9.17) is 32.3 Å². The van der Waals surface area contributed by atoms with Gasteiger partial charge in [-0.3, -0.25) is 32.5 Å². The molecule has 0 aliphatic carbocycles. The fourth-order valence-electron chi connectivity index (χ4n) is 13.9. The van der Waals surface area contributed by atoms with Gasteiger partial charge in [-0.25, -0.2) is 9.13 Å². The maximum atomic E-state index is 13.0. The summed E-state index contributed by atoms with van der Waals surface area (Å²) in [5.74, 6) is -1.54. The van der Waals surface area contributed by atoms with Crippen LogP contribution >= 0.6 is 15.6 Å². The molecule has 0 aliphatic rings. The molecule has 0 amide bonds. The first-order valence-corrected chi connectivity index (χ1v) is 51.8. The average molecular weight is 1710 g/mol. The summed E-state index contributed by atoms with van der Waals surface area (Å²) in [5, 5.41) is 20.7. The average Bonchev–Trinajstić information content (AvgIpc) is 0.893. The van der Waals surface area contributed by atoms with Crippen molar-refractivity contribution in [1.29, 1.82) is 0 Å². The van der Waals surface area contributed by atoms with Gasteiger partial charge in [-0.2, -0.15) is 0 Å². The lowest BCUT2D eigenvalue weighted by molar-refractivity contribution is -0.161. The highest BCUT2D eigenvalue weighted by Gasteiger charge is 2.30. The van der Waals surface area contributed by atoms with Gasteiger partial charge >= 0.3 is 33.6 Å². The zero-order valence-corrected chi connectivity index (χ0v) is 78.1. The Balaban J connectivity index is 4.33. The van der Waals surface area contributed by atoms with Gasteiger partial charge < -0.3 is 34.2 Å². The van der Waals surface area contributed by atoms with Crippen molar-refractivity contribution < 1.29 is 75.8 Å². The molecule has 5 unspecified atom stereocenters. The SMILES string of the molecule is CC/C=C\C/C=C\C/C=C\C/C=C\C/C=C\CCCCCCCCCCCCCCCCCCCCCC(=O)OCC(O)COP(=O)(O)OCC(O)COP(=O)(O)OCC(COC(=O)CCCCCCCCCCCCCCCCCCCCC/C=C\C/C=C\C/C=C\C/C=C\C/C=C\CC)OC(=O)CCCCCCCCCCCCCCC. The molecule has 5 atom stereocenters. The first-order chi connectivity index (χ1) is 58.2. The summed E-state index contributed by atoms with van der Waals surface area (Å²) in [6.07, 6.45) is 116. The molecule has 0 bridgehead atoms. The highest BCUT2D eigenvalue weighted by atomic mass is 31.2. The highest BCUT2D eigenvalue weighted by molar-refractivity contribution is 7.47. The number of hydrogen-bond donors (Lipinski definition) is 4. The predicted octanol–water partition coefficient (Wildman–Crippen LogP) is 30.3. The van der Waals surface area contributed by atoms with Crippen molar-refractivity contribution in [2.75, 3.05) is 39.6 Å². The number of carbonyl (C=O) groups is 3. The van der Waals surface area contributed by atoms with Gasteiger partial charge in [0.25, 0.3) is 0 Å². The fraction of sp³-hybridized carbons (Fsp3) is 0.772. The summed E-state index contributed by atoms with van der Waals surface area (Å²) in [5.41, 5.74) is 0. The minimum atomic E-state index is -4.93. The van der Waals surface area contributed by atoms with E-state index in [-0.39, 0.29) is 19.3 Å². The van der Waals surface area contributed by atoms with Crippen LogP contribution in [0.4, 0.5) is 0 Å². The summed E-state index contributed by atoms with van der Waals surface area (Å²) in [4.78, 5) is 58.9. The molecule has 0 spiro atoms. The highest BCUT2D eigenvalue weighted by Crippen LogP contribution is 2.45. The van der Waals surface area contributed by atoms with Crippen molar-refractivity contribution >= 4 is 33.6 Å². The monoisotopic (exact) mass is 1710 g/mol. The summed E-state index contributed by atoms with van der Waals surface area (Å²) in [7, 11) is -9.79. The van der Waals surface area contributed by atoms with Crippen LogP contribution in [0, 0.1) is 0 Å². The molecule has 0 rings (SSSR count). The number of rotatable bonds is 93. The molecule has 0 saturated heterocycles. The molecule has 16 nitrogen and oxygen atoms in total. The van der Waals surface area contributed by atoms with Crippen molar-refractivity contribution in [1.82, 2.24) is 0 Å². The van der Waals surface area contributed by atoms with Crippen LogP contribution in [0.5, 0.6) is 0 Å². The third-order valence-electron chi connectivity index (χ3n) is 21.2. The van der Waals surface area contributed by atoms with Gasteiger partial charge in [0, 0.05) is 19.3 Å². The number of aliphatic hydroxyl groups excluding tert-OH is 2. The largest absolute Gasteiger partial charge is 0.472 e. The first kappa shape index (κ1) is 115. The van der Waals surface area contributed by atoms with E-state index < -0.39 is 91.5 Å². The third-order valence-corrected chi connectivity index (χ3v) is 23.1. The van der Waals surface area contributed by atoms with Crippen LogP contribution in [0.25, 0.3) is 0 Å². The normalized spacial score (nSPS) is 14.2. The van der Waals surface area contributed by atoms with Gasteiger partial charge in [0.2, 0.25) is 0 Å². The Morgan fingerprint density at radius 1 is 0.244 bits per heavy atom. The second kappa shape index (κ2) is 93.1. The molecule has 0 radical (unpaired) electrons. The Bertz CT molecular complexity index is 2640. The van der Waals surface area contributed by atoms with Crippen molar-refractivity contribution in [3.05, 3.63) is 122 Å². The van der Waals surface area contributed by atoms with Crippen LogP contribution in [-0.4, -0.2) is 95.9 Å². The number of phosphoric ester groups is 2. The minimum absolute atomic E-state index is 0.111. The second-order valence-electron chi connectivity index (χ2n) is 32.8. The Morgan fingerprint density at radius 2 is 0.445 bits per heavy atom. The maximum Gasteiger partial charge on any atom is 0.472 e. The summed E-state index contributed by atoms with van der Waals surface area (Å²) in [6, 6.07) is 0. The lowest BCUT2D eigenvalue weighted by atomic mass is 10.0. The van der Waals surface area contributed by atoms with Crippen LogP contribution in [0.3, 0.4) is 0 Å². The van der Waals surface area contributed by atoms with Crippen molar-refractivity contribution in [3.8, 4) is 0 Å². The summed E-state index contributed by atoms with van der Waals surface area (Å²) >= 11 is 0. The Kier molecular flexibility index (Phi) is 89.9. The standard InChI is InChI=1S/C101H180O16P2/c1-4-7-10-13-16-19-22-25-27-29-31-33-35-37-39-41-43-45-47-49-51-53-55-57-59-61-63-65-67-70-72-75-78-81-84-87-99(104)111-90-96(102)91-113-118(107,108)114-92-97(103)93-115-119(109,110)116-95-98(117-101(106)89-86-83-80-77-74-69-24-21-18-15-12-9-6-3)94-112-100(105)88-85-82-79-76-73-71-68-66-64-62-60-58-56-54-52-50-48-46-44-42-40-38-36-34-32-30-28-26-23-20-17-14-11-8-5-2/h7-8,10-11,16-17,19-20,25-28,31-34,37-40,96-98,102-103H,4-6,9,12-15,18,21-24,29-30,35-36,41-95H2,1-3H3,(H,107,108)(H,109,110)/b10-7-,11-8-,19-16-,20-17-,27-25-,28-26-,33-31-,34-32-,39-37-,40-38-. The van der Waals surface area contributed by atoms with E-state index in [9.17, 15) is 43.5 Å². The minimum Gasteiger partial charge on any atom is -0.463 e. The van der Waals surface area contributed by atoms with Gasteiger partial charge in [0.1, 0.15) is 25.4 Å². The molecule has 0 aliphatic heterocycles. The van der Waals surface area contributed by atoms with Crippen LogP contribution in [0.2, 0.25) is 0 Å². The van der Waals surface area contributed by atoms with E-state index in [0.717, 1.165) is 128 Å². The molecular weight excluding hydrogens is 1530 g/mol. The molecule has 0 aromatic carbocycles. The summed E-state index contributed by atoms with van der Waals surface area (Å²) < 4.78 is 61.5. The van der Waals surface area contributed by atoms with Gasteiger partial charge in [-0.05, 0) is 109 Å². The van der Waals surface area contributed by atoms with Crippen molar-refractivity contribution in [3.63, 3.8) is 0 Å². The van der Waals surface area contributed by atoms with Crippen molar-refractivity contribution in [2.45, 2.75) is 463 Å². The molecule has 119 heavy (non-hydrogen) atoms. The molecule has 0 fully saturated rings. The lowest BCUT2D eigenvalue weighted by Crippen LogP contribution is -2.30. The number of carbonyl (C=O) groups excluding carboxylic acids is 3. The molecular formula is C101H180O16P2. The van der Waals surface area contributed by atoms with E-state index in [2.05, 4.69) is 142 Å².